The molecule has 2 aromatic heterocycles. The highest BCUT2D eigenvalue weighted by Gasteiger charge is 2.12. The molecule has 0 fully saturated rings. The van der Waals surface area contributed by atoms with Crippen LogP contribution in [-0.4, -0.2) is 34.8 Å². The van der Waals surface area contributed by atoms with Gasteiger partial charge in [-0.15, -0.1) is 0 Å². The summed E-state index contributed by atoms with van der Waals surface area (Å²) in [5.74, 6) is 0.661. The number of hydrogen-bond acceptors (Lipinski definition) is 7. The first kappa shape index (κ1) is 19.9. The molecule has 4 aromatic rings. The number of anilines is 5. The molecule has 0 atom stereocenters. The fourth-order valence-electron chi connectivity index (χ4n) is 2.87. The van der Waals surface area contributed by atoms with E-state index < -0.39 is 10.0 Å². The summed E-state index contributed by atoms with van der Waals surface area (Å²) < 4.78 is 25.7. The molecule has 2 heterocycles. The number of fused-ring (bicyclic) bond motifs is 1. The van der Waals surface area contributed by atoms with Crippen molar-refractivity contribution >= 4 is 61.4 Å². The fraction of sp³-hybridized carbons (Fsp3) is 0.105. The minimum atomic E-state index is -3.44. The van der Waals surface area contributed by atoms with Gasteiger partial charge in [-0.05, 0) is 37.3 Å². The van der Waals surface area contributed by atoms with E-state index in [1.54, 1.807) is 24.3 Å². The standard InChI is InChI=1S/C19H18ClN7O2S/c1-11-13-9-12(7-8-15(13)26-25-11)22-19-21-10-14(20)18(24-19)23-16-5-3-4-6-17(16)27-30(2,28)29/h3-10,27H,1-2H3,(H,25,26)(H2,21,22,23,24). The van der Waals surface area contributed by atoms with Crippen LogP contribution in [-0.2, 0) is 10.0 Å². The molecule has 11 heteroatoms. The maximum Gasteiger partial charge on any atom is 0.229 e. The second-order valence-electron chi connectivity index (χ2n) is 6.64. The first-order chi connectivity index (χ1) is 14.3. The van der Waals surface area contributed by atoms with Gasteiger partial charge in [0, 0.05) is 16.8 Å². The summed E-state index contributed by atoms with van der Waals surface area (Å²) in [6, 6.07) is 12.6. The smallest absolute Gasteiger partial charge is 0.229 e. The van der Waals surface area contributed by atoms with Crippen molar-refractivity contribution in [1.82, 2.24) is 20.2 Å². The number of aryl methyl sites for hydroxylation is 1. The summed E-state index contributed by atoms with van der Waals surface area (Å²) in [6.45, 7) is 1.95. The van der Waals surface area contributed by atoms with Gasteiger partial charge >= 0.3 is 0 Å². The van der Waals surface area contributed by atoms with Crippen LogP contribution >= 0.6 is 11.6 Å². The Morgan fingerprint density at radius 3 is 2.60 bits per heavy atom. The SMILES string of the molecule is Cc1[nH]nc2ccc(Nc3ncc(Cl)c(Nc4ccccc4NS(C)(=O)=O)n3)cc12. The Bertz CT molecular complexity index is 1340. The number of hydrogen-bond donors (Lipinski definition) is 4. The number of aromatic amines is 1. The Labute approximate surface area is 178 Å². The van der Waals surface area contributed by atoms with Crippen molar-refractivity contribution in [3.63, 3.8) is 0 Å². The molecule has 4 N–H and O–H groups in total. The van der Waals surface area contributed by atoms with E-state index in [0.717, 1.165) is 28.5 Å². The lowest BCUT2D eigenvalue weighted by atomic mass is 10.2. The molecule has 0 unspecified atom stereocenters. The molecule has 4 rings (SSSR count). The Hall–Kier alpha value is -3.37. The first-order valence-corrected chi connectivity index (χ1v) is 11.1. The quantitative estimate of drug-likeness (QED) is 0.352. The van der Waals surface area contributed by atoms with Gasteiger partial charge in [0.2, 0.25) is 16.0 Å². The average molecular weight is 444 g/mol. The molecule has 0 bridgehead atoms. The van der Waals surface area contributed by atoms with Crippen molar-refractivity contribution in [3.8, 4) is 0 Å². The molecule has 0 spiro atoms. The molecule has 0 amide bonds. The molecule has 0 saturated carbocycles. The Morgan fingerprint density at radius 2 is 1.83 bits per heavy atom. The zero-order valence-corrected chi connectivity index (χ0v) is 17.6. The zero-order chi connectivity index (χ0) is 21.3. The van der Waals surface area contributed by atoms with E-state index in [9.17, 15) is 8.42 Å². The van der Waals surface area contributed by atoms with Gasteiger partial charge in [0.1, 0.15) is 5.02 Å². The lowest BCUT2D eigenvalue weighted by Crippen LogP contribution is -2.11. The highest BCUT2D eigenvalue weighted by atomic mass is 35.5. The normalized spacial score (nSPS) is 11.4. The maximum absolute atomic E-state index is 11.6. The average Bonchev–Trinajstić information content (AvgIpc) is 3.05. The largest absolute Gasteiger partial charge is 0.337 e. The molecular formula is C19H18ClN7O2S. The number of rotatable bonds is 6. The minimum absolute atomic E-state index is 0.288. The minimum Gasteiger partial charge on any atom is -0.337 e. The molecular weight excluding hydrogens is 426 g/mol. The number of H-pyrrole nitrogens is 1. The van der Waals surface area contributed by atoms with Gasteiger partial charge in [-0.25, -0.2) is 13.4 Å². The number of benzene rings is 2. The number of nitrogens with one attached hydrogen (secondary N) is 4. The highest BCUT2D eigenvalue weighted by molar-refractivity contribution is 7.92. The van der Waals surface area contributed by atoms with E-state index in [1.165, 1.54) is 6.20 Å². The predicted molar refractivity (Wildman–Crippen MR) is 119 cm³/mol. The summed E-state index contributed by atoms with van der Waals surface area (Å²) in [4.78, 5) is 8.64. The van der Waals surface area contributed by atoms with Gasteiger partial charge in [-0.3, -0.25) is 9.82 Å². The van der Waals surface area contributed by atoms with Crippen LogP contribution in [0.1, 0.15) is 5.69 Å². The topological polar surface area (TPSA) is 125 Å². The predicted octanol–water partition coefficient (Wildman–Crippen LogP) is 4.17. The van der Waals surface area contributed by atoms with Crippen molar-refractivity contribution < 1.29 is 8.42 Å². The molecule has 0 aliphatic rings. The third-order valence-corrected chi connectivity index (χ3v) is 5.09. The second kappa shape index (κ2) is 7.81. The van der Waals surface area contributed by atoms with E-state index in [2.05, 4.69) is 35.5 Å². The van der Waals surface area contributed by atoms with Crippen molar-refractivity contribution in [3.05, 3.63) is 59.4 Å². The number of nitrogens with zero attached hydrogens (tertiary/aromatic N) is 3. The van der Waals surface area contributed by atoms with Crippen LogP contribution in [0.25, 0.3) is 10.9 Å². The van der Waals surface area contributed by atoms with Gasteiger partial charge < -0.3 is 10.6 Å². The van der Waals surface area contributed by atoms with Crippen LogP contribution in [0.2, 0.25) is 5.02 Å². The van der Waals surface area contributed by atoms with E-state index in [1.807, 2.05) is 25.1 Å². The number of aromatic nitrogens is 4. The molecule has 154 valence electrons. The number of sulfonamides is 1. The van der Waals surface area contributed by atoms with E-state index in [0.29, 0.717) is 23.1 Å². The van der Waals surface area contributed by atoms with Gasteiger partial charge in [0.25, 0.3) is 0 Å². The molecule has 9 nitrogen and oxygen atoms in total. The monoisotopic (exact) mass is 443 g/mol. The van der Waals surface area contributed by atoms with E-state index in [-0.39, 0.29) is 5.02 Å². The van der Waals surface area contributed by atoms with Crippen LogP contribution in [0.4, 0.5) is 28.8 Å². The highest BCUT2D eigenvalue weighted by Crippen LogP contribution is 2.30. The van der Waals surface area contributed by atoms with Gasteiger partial charge in [0.15, 0.2) is 5.82 Å². The lowest BCUT2D eigenvalue weighted by Gasteiger charge is -2.14. The van der Waals surface area contributed by atoms with Gasteiger partial charge in [-0.1, -0.05) is 23.7 Å². The molecule has 2 aromatic carbocycles. The third-order valence-electron chi connectivity index (χ3n) is 4.22. The van der Waals surface area contributed by atoms with Crippen molar-refractivity contribution in [2.24, 2.45) is 0 Å². The maximum atomic E-state index is 11.6. The summed E-state index contributed by atoms with van der Waals surface area (Å²) in [5, 5.41) is 14.6. The number of para-hydroxylation sites is 2. The second-order valence-corrected chi connectivity index (χ2v) is 8.80. The zero-order valence-electron chi connectivity index (χ0n) is 16.1. The summed E-state index contributed by atoms with van der Waals surface area (Å²) in [6.07, 6.45) is 2.55. The van der Waals surface area contributed by atoms with Crippen LogP contribution in [0.3, 0.4) is 0 Å². The summed E-state index contributed by atoms with van der Waals surface area (Å²) in [7, 11) is -3.44. The molecule has 0 aliphatic heterocycles. The lowest BCUT2D eigenvalue weighted by molar-refractivity contribution is 0.607. The van der Waals surface area contributed by atoms with Crippen molar-refractivity contribution in [2.75, 3.05) is 21.6 Å². The number of halogens is 1. The van der Waals surface area contributed by atoms with Gasteiger partial charge in [-0.2, -0.15) is 10.1 Å². The van der Waals surface area contributed by atoms with E-state index >= 15 is 0 Å². The van der Waals surface area contributed by atoms with Crippen LogP contribution in [0, 0.1) is 6.92 Å². The summed E-state index contributed by atoms with van der Waals surface area (Å²) >= 11 is 6.25. The van der Waals surface area contributed by atoms with Crippen molar-refractivity contribution in [1.29, 1.82) is 0 Å². The molecule has 0 aliphatic carbocycles. The Morgan fingerprint density at radius 1 is 1.07 bits per heavy atom. The van der Waals surface area contributed by atoms with Crippen LogP contribution < -0.4 is 15.4 Å². The third kappa shape index (κ3) is 4.44. The molecule has 0 saturated heterocycles. The van der Waals surface area contributed by atoms with E-state index in [4.69, 9.17) is 11.6 Å². The molecule has 0 radical (unpaired) electrons. The first-order valence-electron chi connectivity index (χ1n) is 8.86. The van der Waals surface area contributed by atoms with Crippen molar-refractivity contribution in [2.45, 2.75) is 6.92 Å². The van der Waals surface area contributed by atoms with Crippen LogP contribution in [0.5, 0.6) is 0 Å². The Kier molecular flexibility index (Phi) is 5.18. The summed E-state index contributed by atoms with van der Waals surface area (Å²) in [5.41, 5.74) is 3.50. The Balaban J connectivity index is 1.61. The van der Waals surface area contributed by atoms with Gasteiger partial charge in [0.05, 0.1) is 29.3 Å². The fourth-order valence-corrected chi connectivity index (χ4v) is 3.58. The molecule has 30 heavy (non-hydrogen) atoms. The van der Waals surface area contributed by atoms with Crippen LogP contribution in [0.15, 0.2) is 48.7 Å².